The fourth-order valence-corrected chi connectivity index (χ4v) is 1.12. The lowest BCUT2D eigenvalue weighted by Crippen LogP contribution is -2.06. The van der Waals surface area contributed by atoms with Crippen molar-refractivity contribution in [2.45, 2.75) is 19.9 Å². The van der Waals surface area contributed by atoms with E-state index in [0.29, 0.717) is 0 Å². The van der Waals surface area contributed by atoms with E-state index in [2.05, 4.69) is 5.32 Å². The highest BCUT2D eigenvalue weighted by Gasteiger charge is 1.90. The number of hydrogen-bond donors (Lipinski definition) is 1. The van der Waals surface area contributed by atoms with Gasteiger partial charge >= 0.3 is 0 Å². The zero-order chi connectivity index (χ0) is 10.2. The Balaban J connectivity index is 2.42. The highest BCUT2D eigenvalue weighted by atomic mass is 16.1. The molecule has 0 atom stereocenters. The van der Waals surface area contributed by atoms with Crippen LogP contribution >= 0.6 is 0 Å². The number of hydrogen-bond acceptors (Lipinski definition) is 2. The van der Waals surface area contributed by atoms with Gasteiger partial charge in [0.15, 0.2) is 0 Å². The molecule has 0 fully saturated rings. The highest BCUT2D eigenvalue weighted by molar-refractivity contribution is 5.72. The molecular weight excluding hydrogens is 174 g/mol. The molecule has 1 N–H and O–H groups in total. The molecule has 2 nitrogen and oxygen atoms in total. The van der Waals surface area contributed by atoms with Crippen LogP contribution in [0.25, 0.3) is 0 Å². The molecule has 0 aliphatic carbocycles. The van der Waals surface area contributed by atoms with E-state index in [9.17, 15) is 4.79 Å². The third kappa shape index (κ3) is 3.44. The molecule has 1 aromatic rings. The molecule has 0 unspecified atom stereocenters. The van der Waals surface area contributed by atoms with Crippen molar-refractivity contribution in [3.63, 3.8) is 0 Å². The monoisotopic (exact) mass is 189 g/mol. The molecule has 0 radical (unpaired) electrons. The maximum absolute atomic E-state index is 10.5. The van der Waals surface area contributed by atoms with Gasteiger partial charge in [0.1, 0.15) is 6.29 Å². The van der Waals surface area contributed by atoms with Crippen LogP contribution in [0.4, 0.5) is 0 Å². The zero-order valence-corrected chi connectivity index (χ0v) is 8.36. The van der Waals surface area contributed by atoms with Crippen LogP contribution in [-0.2, 0) is 11.3 Å². The third-order valence-corrected chi connectivity index (χ3v) is 2.00. The molecule has 0 saturated heterocycles. The Bertz CT molecular complexity index is 303. The molecule has 1 aromatic carbocycles. The van der Waals surface area contributed by atoms with Gasteiger partial charge in [0.2, 0.25) is 0 Å². The summed E-state index contributed by atoms with van der Waals surface area (Å²) in [6.07, 6.45) is 3.43. The van der Waals surface area contributed by atoms with E-state index >= 15 is 0 Å². The Labute approximate surface area is 84.6 Å². The third-order valence-electron chi connectivity index (χ3n) is 2.00. The highest BCUT2D eigenvalue weighted by Crippen LogP contribution is 1.98. The predicted molar refractivity (Wildman–Crippen MR) is 57.7 cm³/mol. The van der Waals surface area contributed by atoms with E-state index in [4.69, 9.17) is 0 Å². The second-order valence-electron chi connectivity index (χ2n) is 3.06. The molecule has 0 amide bonds. The molecule has 1 rings (SSSR count). The first kappa shape index (κ1) is 10.5. The molecule has 0 aliphatic rings. The molecule has 0 aromatic heterocycles. The van der Waals surface area contributed by atoms with Gasteiger partial charge in [0.05, 0.1) is 0 Å². The second kappa shape index (κ2) is 5.97. The first-order valence-corrected chi connectivity index (χ1v) is 4.78. The first-order chi connectivity index (χ1) is 6.86. The number of aldehydes is 1. The van der Waals surface area contributed by atoms with Crippen LogP contribution in [0.2, 0.25) is 0 Å². The van der Waals surface area contributed by atoms with Crippen LogP contribution in [0.5, 0.6) is 0 Å². The van der Waals surface area contributed by atoms with Crippen molar-refractivity contribution in [2.24, 2.45) is 0 Å². The van der Waals surface area contributed by atoms with Crippen LogP contribution in [0.15, 0.2) is 42.1 Å². The lowest BCUT2D eigenvalue weighted by molar-refractivity contribution is -0.105. The van der Waals surface area contributed by atoms with E-state index in [1.165, 1.54) is 5.56 Å². The van der Waals surface area contributed by atoms with Gasteiger partial charge in [-0.1, -0.05) is 37.3 Å². The molecule has 0 heterocycles. The molecular formula is C12H15NO. The van der Waals surface area contributed by atoms with Crippen molar-refractivity contribution in [1.29, 1.82) is 0 Å². The Morgan fingerprint density at radius 3 is 2.64 bits per heavy atom. The molecule has 0 bridgehead atoms. The van der Waals surface area contributed by atoms with Gasteiger partial charge in [-0.2, -0.15) is 0 Å². The zero-order valence-electron chi connectivity index (χ0n) is 8.36. The van der Waals surface area contributed by atoms with Gasteiger partial charge < -0.3 is 5.32 Å². The minimum atomic E-state index is 0.762. The lowest BCUT2D eigenvalue weighted by Gasteiger charge is -2.01. The molecule has 74 valence electrons. The summed E-state index contributed by atoms with van der Waals surface area (Å²) in [6, 6.07) is 10.1. The van der Waals surface area contributed by atoms with Gasteiger partial charge in [-0.3, -0.25) is 4.79 Å². The minimum absolute atomic E-state index is 0.762. The maximum Gasteiger partial charge on any atom is 0.147 e. The van der Waals surface area contributed by atoms with E-state index in [-0.39, 0.29) is 0 Å². The topological polar surface area (TPSA) is 29.1 Å². The number of nitrogens with one attached hydrogen (secondary N) is 1. The second-order valence-corrected chi connectivity index (χ2v) is 3.06. The van der Waals surface area contributed by atoms with Gasteiger partial charge in [0.25, 0.3) is 0 Å². The van der Waals surface area contributed by atoms with Crippen LogP contribution < -0.4 is 5.32 Å². The van der Waals surface area contributed by atoms with E-state index in [1.807, 2.05) is 37.3 Å². The normalized spacial score (nSPS) is 11.1. The van der Waals surface area contributed by atoms with Crippen LogP contribution in [0.3, 0.4) is 0 Å². The van der Waals surface area contributed by atoms with Crippen molar-refractivity contribution >= 4 is 6.29 Å². The van der Waals surface area contributed by atoms with E-state index in [0.717, 1.165) is 24.8 Å². The molecule has 0 aliphatic heterocycles. The average Bonchev–Trinajstić information content (AvgIpc) is 2.26. The summed E-state index contributed by atoms with van der Waals surface area (Å²) in [5, 5.41) is 3.11. The van der Waals surface area contributed by atoms with Gasteiger partial charge in [-0.05, 0) is 12.0 Å². The van der Waals surface area contributed by atoms with Crippen LogP contribution in [-0.4, -0.2) is 6.29 Å². The number of allylic oxidation sites excluding steroid dienone is 1. The quantitative estimate of drug-likeness (QED) is 0.568. The van der Waals surface area contributed by atoms with E-state index in [1.54, 1.807) is 6.20 Å². The summed E-state index contributed by atoms with van der Waals surface area (Å²) in [6.45, 7) is 2.72. The van der Waals surface area contributed by atoms with Crippen LogP contribution in [0, 0.1) is 0 Å². The van der Waals surface area contributed by atoms with Crippen molar-refractivity contribution < 1.29 is 4.79 Å². The fourth-order valence-electron chi connectivity index (χ4n) is 1.12. The van der Waals surface area contributed by atoms with Gasteiger partial charge in [-0.25, -0.2) is 0 Å². The average molecular weight is 189 g/mol. The molecule has 2 heteroatoms. The summed E-state index contributed by atoms with van der Waals surface area (Å²) >= 11 is 0. The summed E-state index contributed by atoms with van der Waals surface area (Å²) in [4.78, 5) is 10.5. The van der Waals surface area contributed by atoms with Crippen molar-refractivity contribution in [2.75, 3.05) is 0 Å². The van der Waals surface area contributed by atoms with Crippen molar-refractivity contribution in [1.82, 2.24) is 5.32 Å². The van der Waals surface area contributed by atoms with Crippen LogP contribution in [0.1, 0.15) is 18.9 Å². The smallest absolute Gasteiger partial charge is 0.147 e. The summed E-state index contributed by atoms with van der Waals surface area (Å²) in [5.41, 5.74) is 2.01. The Kier molecular flexibility index (Phi) is 4.48. The van der Waals surface area contributed by atoms with E-state index < -0.39 is 0 Å². The first-order valence-electron chi connectivity index (χ1n) is 4.78. The van der Waals surface area contributed by atoms with Crippen molar-refractivity contribution in [3.8, 4) is 0 Å². The number of carbonyl (C=O) groups is 1. The standard InChI is InChI=1S/C12H15NO/c1-2-11(10-14)8-13-9-12-6-4-3-5-7-12/h3-8,10,13H,2,9H2,1H3/b11-8+. The SMILES string of the molecule is CC/C(C=O)=C\NCc1ccccc1. The van der Waals surface area contributed by atoms with Crippen molar-refractivity contribution in [3.05, 3.63) is 47.7 Å². The Hall–Kier alpha value is -1.57. The lowest BCUT2D eigenvalue weighted by atomic mass is 10.2. The Morgan fingerprint density at radius 2 is 2.07 bits per heavy atom. The summed E-state index contributed by atoms with van der Waals surface area (Å²) in [5.74, 6) is 0. The summed E-state index contributed by atoms with van der Waals surface area (Å²) in [7, 11) is 0. The Morgan fingerprint density at radius 1 is 1.36 bits per heavy atom. The number of rotatable bonds is 5. The van der Waals surface area contributed by atoms with Gasteiger partial charge in [0, 0.05) is 18.3 Å². The molecule has 0 saturated carbocycles. The summed E-state index contributed by atoms with van der Waals surface area (Å²) < 4.78 is 0. The maximum atomic E-state index is 10.5. The minimum Gasteiger partial charge on any atom is -0.386 e. The number of carbonyl (C=O) groups excluding carboxylic acids is 1. The number of benzene rings is 1. The predicted octanol–water partition coefficient (Wildman–Crippen LogP) is 2.27. The van der Waals surface area contributed by atoms with Gasteiger partial charge in [-0.15, -0.1) is 0 Å². The molecule has 14 heavy (non-hydrogen) atoms. The largest absolute Gasteiger partial charge is 0.386 e. The molecule has 0 spiro atoms. The fraction of sp³-hybridized carbons (Fsp3) is 0.250.